The number of amides is 2. The number of pyridine rings is 1. The van der Waals surface area contributed by atoms with Crippen LogP contribution < -0.4 is 11.1 Å². The van der Waals surface area contributed by atoms with Crippen molar-refractivity contribution in [1.29, 1.82) is 0 Å². The molecule has 1 saturated carbocycles. The van der Waals surface area contributed by atoms with Crippen molar-refractivity contribution in [1.82, 2.24) is 10.3 Å². The van der Waals surface area contributed by atoms with Crippen molar-refractivity contribution in [3.05, 3.63) is 77.2 Å². The molecule has 1 fully saturated rings. The minimum absolute atomic E-state index is 0.0464. The zero-order chi connectivity index (χ0) is 29.7. The van der Waals surface area contributed by atoms with Crippen LogP contribution in [0, 0.1) is 11.7 Å². The van der Waals surface area contributed by atoms with Gasteiger partial charge in [-0.05, 0) is 66.8 Å². The highest BCUT2D eigenvalue weighted by Gasteiger charge is 2.29. The fraction of sp³-hybridized carbons (Fsp3) is 0.300. The second-order valence-electron chi connectivity index (χ2n) is 9.74. The quantitative estimate of drug-likeness (QED) is 0.223. The molecule has 2 aromatic heterocycles. The summed E-state index contributed by atoms with van der Waals surface area (Å²) < 4.78 is 58.4. The van der Waals surface area contributed by atoms with Gasteiger partial charge in [-0.2, -0.15) is 13.2 Å². The maximum Gasteiger partial charge on any atom is 0.389 e. The van der Waals surface area contributed by atoms with E-state index in [-0.39, 0.29) is 33.7 Å². The maximum absolute atomic E-state index is 13.4. The number of aryl methyl sites for hydroxylation is 1. The van der Waals surface area contributed by atoms with Crippen LogP contribution >= 0.6 is 0 Å². The number of furan rings is 1. The Morgan fingerprint density at radius 3 is 2.37 bits per heavy atom. The lowest BCUT2D eigenvalue weighted by molar-refractivity contribution is -0.134. The molecule has 0 bridgehead atoms. The molecule has 216 valence electrons. The van der Waals surface area contributed by atoms with Crippen molar-refractivity contribution < 1.29 is 36.7 Å². The predicted octanol–water partition coefficient (Wildman–Crippen LogP) is 6.03. The van der Waals surface area contributed by atoms with E-state index < -0.39 is 36.6 Å². The van der Waals surface area contributed by atoms with Crippen molar-refractivity contribution >= 4 is 22.9 Å². The molecule has 11 heteroatoms. The molecule has 2 aromatic carbocycles. The molecule has 2 heterocycles. The van der Waals surface area contributed by atoms with Crippen LogP contribution in [0.1, 0.15) is 52.1 Å². The molecular weight excluding hydrogens is 542 g/mol. The van der Waals surface area contributed by atoms with Gasteiger partial charge < -0.3 is 20.6 Å². The van der Waals surface area contributed by atoms with Crippen LogP contribution in [0.2, 0.25) is 0 Å². The number of primary amides is 1. The topological polar surface area (TPSA) is 118 Å². The highest BCUT2D eigenvalue weighted by atomic mass is 19.4. The number of hydrogen-bond acceptors (Lipinski definition) is 5. The molecule has 0 aliphatic heterocycles. The van der Waals surface area contributed by atoms with E-state index in [0.717, 1.165) is 12.3 Å². The van der Waals surface area contributed by atoms with Crippen LogP contribution in [0.5, 0.6) is 0 Å². The number of rotatable bonds is 8. The molecule has 0 atom stereocenters. The Morgan fingerprint density at radius 2 is 1.80 bits per heavy atom. The molecule has 1 aliphatic rings. The second kappa shape index (κ2) is 12.5. The molecule has 0 spiro atoms. The van der Waals surface area contributed by atoms with Gasteiger partial charge in [0.25, 0.3) is 5.91 Å². The third-order valence-corrected chi connectivity index (χ3v) is 6.66. The summed E-state index contributed by atoms with van der Waals surface area (Å²) in [5, 5.41) is 11.0. The largest absolute Gasteiger partial charge is 0.437 e. The summed E-state index contributed by atoms with van der Waals surface area (Å²) in [7, 11) is 1.41. The van der Waals surface area contributed by atoms with Crippen molar-refractivity contribution in [3.63, 3.8) is 0 Å². The van der Waals surface area contributed by atoms with E-state index in [1.165, 1.54) is 62.4 Å². The number of benzene rings is 2. The average Bonchev–Trinajstić information content (AvgIpc) is 3.69. The Morgan fingerprint density at radius 1 is 1.10 bits per heavy atom. The van der Waals surface area contributed by atoms with E-state index in [0.29, 0.717) is 23.3 Å². The molecule has 4 N–H and O–H groups in total. The lowest BCUT2D eigenvalue weighted by atomic mass is 9.96. The van der Waals surface area contributed by atoms with E-state index in [4.69, 9.17) is 15.3 Å². The van der Waals surface area contributed by atoms with Gasteiger partial charge in [-0.3, -0.25) is 9.59 Å². The molecule has 7 nitrogen and oxygen atoms in total. The zero-order valence-electron chi connectivity index (χ0n) is 22.2. The first-order chi connectivity index (χ1) is 19.5. The minimum atomic E-state index is -4.43. The van der Waals surface area contributed by atoms with Crippen LogP contribution in [0.15, 0.2) is 59.0 Å². The summed E-state index contributed by atoms with van der Waals surface area (Å²) in [6.07, 6.45) is -2.26. The predicted molar refractivity (Wildman–Crippen MR) is 146 cm³/mol. The van der Waals surface area contributed by atoms with Crippen molar-refractivity contribution in [2.75, 3.05) is 13.7 Å². The number of nitrogens with two attached hydrogens (primary N) is 1. The average molecular weight is 572 g/mol. The van der Waals surface area contributed by atoms with E-state index in [1.54, 1.807) is 12.1 Å². The van der Waals surface area contributed by atoms with Crippen LogP contribution in [-0.4, -0.2) is 41.7 Å². The number of aliphatic hydroxyl groups is 1. The molecule has 1 aliphatic carbocycles. The minimum Gasteiger partial charge on any atom is -0.437 e. The summed E-state index contributed by atoms with van der Waals surface area (Å²) in [6, 6.07) is 12.8. The highest BCUT2D eigenvalue weighted by Crippen LogP contribution is 2.37. The number of alkyl halides is 3. The number of halogens is 4. The third kappa shape index (κ3) is 7.49. The van der Waals surface area contributed by atoms with Gasteiger partial charge in [-0.25, -0.2) is 9.37 Å². The molecule has 0 saturated heterocycles. The fourth-order valence-corrected chi connectivity index (χ4v) is 4.34. The normalized spacial score (nSPS) is 13.0. The fourth-order valence-electron chi connectivity index (χ4n) is 4.34. The number of carbonyl (C=O) groups is 2. The third-order valence-electron chi connectivity index (χ3n) is 6.66. The Bertz CT molecular complexity index is 1540. The zero-order valence-corrected chi connectivity index (χ0v) is 22.2. The van der Waals surface area contributed by atoms with Gasteiger partial charge >= 0.3 is 6.18 Å². The van der Waals surface area contributed by atoms with Gasteiger partial charge in [0, 0.05) is 36.8 Å². The SMILES string of the molecule is CNC(=O)c1c(-c2ccc(F)cc2)oc2nc(CCC(F)(F)F)c(-c3cccc(C(N)=O)c3)cc12.OCCC1CC1. The number of nitrogens with zero attached hydrogens (tertiary/aromatic N) is 1. The summed E-state index contributed by atoms with van der Waals surface area (Å²) in [5.74, 6) is -0.724. The van der Waals surface area contributed by atoms with E-state index in [2.05, 4.69) is 10.3 Å². The first kappa shape index (κ1) is 29.7. The first-order valence-electron chi connectivity index (χ1n) is 13.0. The Balaban J connectivity index is 0.000000572. The summed E-state index contributed by atoms with van der Waals surface area (Å²) in [6.45, 7) is 0.394. The van der Waals surface area contributed by atoms with Crippen LogP contribution in [0.3, 0.4) is 0 Å². The van der Waals surface area contributed by atoms with Crippen LogP contribution in [0.4, 0.5) is 17.6 Å². The molecule has 41 heavy (non-hydrogen) atoms. The summed E-state index contributed by atoms with van der Waals surface area (Å²) in [5.41, 5.74) is 6.73. The van der Waals surface area contributed by atoms with Crippen molar-refractivity contribution in [2.24, 2.45) is 11.7 Å². The maximum atomic E-state index is 13.4. The molecule has 4 aromatic rings. The smallest absolute Gasteiger partial charge is 0.389 e. The van der Waals surface area contributed by atoms with Gasteiger partial charge in [0.2, 0.25) is 11.6 Å². The van der Waals surface area contributed by atoms with Gasteiger partial charge in [0.15, 0.2) is 0 Å². The second-order valence-corrected chi connectivity index (χ2v) is 9.74. The van der Waals surface area contributed by atoms with Crippen molar-refractivity contribution in [2.45, 2.75) is 38.3 Å². The number of hydrogen-bond donors (Lipinski definition) is 3. The van der Waals surface area contributed by atoms with E-state index in [9.17, 15) is 27.2 Å². The monoisotopic (exact) mass is 571 g/mol. The number of fused-ring (bicyclic) bond motifs is 1. The lowest BCUT2D eigenvalue weighted by Crippen LogP contribution is -2.18. The number of aromatic nitrogens is 1. The van der Waals surface area contributed by atoms with Gasteiger partial charge in [-0.15, -0.1) is 0 Å². The number of carbonyl (C=O) groups excluding carboxylic acids is 2. The van der Waals surface area contributed by atoms with Gasteiger partial charge in [0.1, 0.15) is 11.6 Å². The molecule has 2 amide bonds. The molecule has 5 rings (SSSR count). The van der Waals surface area contributed by atoms with E-state index in [1.807, 2.05) is 0 Å². The summed E-state index contributed by atoms with van der Waals surface area (Å²) >= 11 is 0. The summed E-state index contributed by atoms with van der Waals surface area (Å²) in [4.78, 5) is 28.8. The number of nitrogens with one attached hydrogen (secondary N) is 1. The molecular formula is C30H29F4N3O4. The van der Waals surface area contributed by atoms with Gasteiger partial charge in [0.05, 0.1) is 16.6 Å². The van der Waals surface area contributed by atoms with Crippen LogP contribution in [0.25, 0.3) is 33.6 Å². The van der Waals surface area contributed by atoms with Crippen LogP contribution in [-0.2, 0) is 6.42 Å². The Labute approximate surface area is 233 Å². The first-order valence-corrected chi connectivity index (χ1v) is 13.0. The van der Waals surface area contributed by atoms with Gasteiger partial charge in [-0.1, -0.05) is 25.0 Å². The standard InChI is InChI=1S/C25H19F4N3O3.C5H10O/c1-31-23(34)20-18-12-17(14-3-2-4-15(11-14)22(30)33)19(9-10-25(27,28)29)32-24(18)35-21(20)13-5-7-16(26)8-6-13;6-4-3-5-1-2-5/h2-8,11-12H,9-10H2,1H3,(H2,30,33)(H,31,34);5-6H,1-4H2. The highest BCUT2D eigenvalue weighted by molar-refractivity contribution is 6.11. The van der Waals surface area contributed by atoms with E-state index >= 15 is 0 Å². The Hall–Kier alpha value is -4.25. The molecule has 0 radical (unpaired) electrons. The molecule has 0 unspecified atom stereocenters. The number of aliphatic hydroxyl groups excluding tert-OH is 1. The Kier molecular flexibility index (Phi) is 9.07. The lowest BCUT2D eigenvalue weighted by Gasteiger charge is -2.12. The van der Waals surface area contributed by atoms with Crippen molar-refractivity contribution in [3.8, 4) is 22.5 Å².